The maximum Gasteiger partial charge on any atom is 0.194 e. The number of hydrogen-bond acceptors (Lipinski definition) is 3. The molecule has 2 aliphatic heterocycles. The monoisotopic (exact) mass is 477 g/mol. The number of guanidine groups is 1. The van der Waals surface area contributed by atoms with Crippen LogP contribution < -0.4 is 5.32 Å². The Kier molecular flexibility index (Phi) is 9.07. The van der Waals surface area contributed by atoms with Gasteiger partial charge in [-0.25, -0.2) is 4.39 Å². The van der Waals surface area contributed by atoms with E-state index in [4.69, 9.17) is 14.5 Å². The predicted molar refractivity (Wildman–Crippen MR) is 112 cm³/mol. The minimum Gasteiger partial charge on any atom is -0.375 e. The molecule has 0 radical (unpaired) electrons. The van der Waals surface area contributed by atoms with Gasteiger partial charge in [-0.05, 0) is 37.8 Å². The summed E-state index contributed by atoms with van der Waals surface area (Å²) in [6, 6.07) is 6.89. The fourth-order valence-corrected chi connectivity index (χ4v) is 3.40. The van der Waals surface area contributed by atoms with E-state index in [1.807, 2.05) is 12.1 Å². The molecule has 0 saturated carbocycles. The molecule has 2 saturated heterocycles. The molecule has 1 N–H and O–H groups in total. The van der Waals surface area contributed by atoms with E-state index in [9.17, 15) is 4.39 Å². The molecule has 5 nitrogen and oxygen atoms in total. The lowest BCUT2D eigenvalue weighted by Gasteiger charge is -2.37. The third kappa shape index (κ3) is 5.79. The van der Waals surface area contributed by atoms with Crippen LogP contribution in [0.1, 0.15) is 25.3 Å². The van der Waals surface area contributed by atoms with Gasteiger partial charge in [0.05, 0.1) is 12.7 Å². The highest BCUT2D eigenvalue weighted by molar-refractivity contribution is 14.0. The van der Waals surface area contributed by atoms with E-state index in [-0.39, 0.29) is 42.0 Å². The molecule has 2 fully saturated rings. The zero-order valence-corrected chi connectivity index (χ0v) is 17.7. The molecular formula is C19H29FIN3O2. The van der Waals surface area contributed by atoms with Gasteiger partial charge in [0.15, 0.2) is 5.96 Å². The molecule has 3 rings (SSSR count). The summed E-state index contributed by atoms with van der Waals surface area (Å²) in [6.07, 6.45) is 3.08. The van der Waals surface area contributed by atoms with Crippen molar-refractivity contribution in [3.8, 4) is 0 Å². The fourth-order valence-electron chi connectivity index (χ4n) is 3.40. The lowest BCUT2D eigenvalue weighted by atomic mass is 10.1. The Balaban J connectivity index is 0.00000243. The minimum atomic E-state index is -0.160. The van der Waals surface area contributed by atoms with E-state index < -0.39 is 0 Å². The molecule has 2 heterocycles. The van der Waals surface area contributed by atoms with E-state index in [0.717, 1.165) is 45.0 Å². The number of hydrogen-bond donors (Lipinski definition) is 1. The second-order valence-electron chi connectivity index (χ2n) is 6.48. The van der Waals surface area contributed by atoms with Crippen LogP contribution in [0.4, 0.5) is 4.39 Å². The third-order valence-corrected chi connectivity index (χ3v) is 4.71. The lowest BCUT2D eigenvalue weighted by molar-refractivity contribution is -0.0817. The first-order valence-corrected chi connectivity index (χ1v) is 9.28. The highest BCUT2D eigenvalue weighted by atomic mass is 127. The Bertz CT molecular complexity index is 582. The van der Waals surface area contributed by atoms with Crippen LogP contribution in [-0.4, -0.2) is 62.5 Å². The molecule has 0 aliphatic carbocycles. The first-order chi connectivity index (χ1) is 12.3. The van der Waals surface area contributed by atoms with E-state index in [1.54, 1.807) is 6.07 Å². The van der Waals surface area contributed by atoms with E-state index >= 15 is 0 Å². The lowest BCUT2D eigenvalue weighted by Crippen LogP contribution is -2.53. The summed E-state index contributed by atoms with van der Waals surface area (Å²) >= 11 is 0. The number of nitrogens with zero attached hydrogens (tertiary/aromatic N) is 2. The van der Waals surface area contributed by atoms with Gasteiger partial charge in [0.2, 0.25) is 0 Å². The van der Waals surface area contributed by atoms with Gasteiger partial charge in [0, 0.05) is 32.8 Å². The molecule has 26 heavy (non-hydrogen) atoms. The van der Waals surface area contributed by atoms with Crippen molar-refractivity contribution >= 4 is 29.9 Å². The predicted octanol–water partition coefficient (Wildman–Crippen LogP) is 2.83. The zero-order valence-electron chi connectivity index (χ0n) is 15.3. The van der Waals surface area contributed by atoms with Crippen LogP contribution in [0.2, 0.25) is 0 Å². The van der Waals surface area contributed by atoms with Crippen molar-refractivity contribution in [2.24, 2.45) is 4.99 Å². The summed E-state index contributed by atoms with van der Waals surface area (Å²) in [6.45, 7) is 6.55. The third-order valence-electron chi connectivity index (χ3n) is 4.71. The van der Waals surface area contributed by atoms with Crippen molar-refractivity contribution in [1.82, 2.24) is 10.2 Å². The Hall–Kier alpha value is -0.930. The number of morpholine rings is 1. The number of ether oxygens (including phenoxy) is 2. The highest BCUT2D eigenvalue weighted by Crippen LogP contribution is 2.21. The average molecular weight is 477 g/mol. The molecule has 0 amide bonds. The van der Waals surface area contributed by atoms with Crippen LogP contribution >= 0.6 is 24.0 Å². The topological polar surface area (TPSA) is 46.1 Å². The Labute approximate surface area is 172 Å². The van der Waals surface area contributed by atoms with E-state index in [0.29, 0.717) is 25.1 Å². The molecule has 0 spiro atoms. The van der Waals surface area contributed by atoms with Crippen molar-refractivity contribution in [2.75, 3.05) is 39.4 Å². The van der Waals surface area contributed by atoms with Crippen LogP contribution in [0.15, 0.2) is 29.3 Å². The largest absolute Gasteiger partial charge is 0.375 e. The number of aliphatic imine (C=N–C) groups is 1. The molecule has 0 bridgehead atoms. The minimum absolute atomic E-state index is 0. The second kappa shape index (κ2) is 11.0. The van der Waals surface area contributed by atoms with Crippen LogP contribution in [0.5, 0.6) is 0 Å². The summed E-state index contributed by atoms with van der Waals surface area (Å²) in [5.41, 5.74) is 0.710. The van der Waals surface area contributed by atoms with Crippen LogP contribution in [0.25, 0.3) is 0 Å². The van der Waals surface area contributed by atoms with E-state index in [1.165, 1.54) is 6.07 Å². The molecule has 0 aromatic heterocycles. The SMILES string of the molecule is CCNC(=NCCc1ccccc1F)N1CCOC(C2CCCO2)C1.I. The Morgan fingerprint density at radius 3 is 2.81 bits per heavy atom. The number of halogens is 2. The van der Waals surface area contributed by atoms with Crippen molar-refractivity contribution in [3.05, 3.63) is 35.6 Å². The van der Waals surface area contributed by atoms with Crippen molar-refractivity contribution in [2.45, 2.75) is 38.4 Å². The zero-order chi connectivity index (χ0) is 17.5. The summed E-state index contributed by atoms with van der Waals surface area (Å²) in [5, 5.41) is 3.35. The number of rotatable bonds is 5. The van der Waals surface area contributed by atoms with Crippen LogP contribution in [-0.2, 0) is 15.9 Å². The summed E-state index contributed by atoms with van der Waals surface area (Å²) < 4.78 is 25.4. The van der Waals surface area contributed by atoms with Gasteiger partial charge in [0.25, 0.3) is 0 Å². The standard InChI is InChI=1S/C19H28FN3O2.HI/c1-2-21-19(22-10-9-15-6-3-4-7-16(15)20)23-11-13-25-18(14-23)17-8-5-12-24-17;/h3-4,6-7,17-18H,2,5,8-14H2,1H3,(H,21,22);1H. The molecule has 1 aromatic rings. The summed E-state index contributed by atoms with van der Waals surface area (Å²) in [4.78, 5) is 6.94. The molecular weight excluding hydrogens is 448 g/mol. The van der Waals surface area contributed by atoms with Crippen LogP contribution in [0, 0.1) is 5.82 Å². The summed E-state index contributed by atoms with van der Waals surface area (Å²) in [5.74, 6) is 0.720. The fraction of sp³-hybridized carbons (Fsp3) is 0.632. The normalized spacial score (nSPS) is 23.6. The van der Waals surface area contributed by atoms with Gasteiger partial charge in [-0.2, -0.15) is 0 Å². The molecule has 2 unspecified atom stereocenters. The smallest absolute Gasteiger partial charge is 0.194 e. The first kappa shape index (κ1) is 21.4. The van der Waals surface area contributed by atoms with Gasteiger partial charge in [-0.1, -0.05) is 18.2 Å². The number of nitrogens with one attached hydrogen (secondary N) is 1. The highest BCUT2D eigenvalue weighted by Gasteiger charge is 2.32. The first-order valence-electron chi connectivity index (χ1n) is 9.28. The average Bonchev–Trinajstić information content (AvgIpc) is 3.17. The summed E-state index contributed by atoms with van der Waals surface area (Å²) in [7, 11) is 0. The number of benzene rings is 1. The maximum absolute atomic E-state index is 13.7. The van der Waals surface area contributed by atoms with Gasteiger partial charge >= 0.3 is 0 Å². The van der Waals surface area contributed by atoms with Gasteiger partial charge in [-0.3, -0.25) is 4.99 Å². The molecule has 146 valence electrons. The van der Waals surface area contributed by atoms with Gasteiger partial charge in [0.1, 0.15) is 11.9 Å². The maximum atomic E-state index is 13.7. The van der Waals surface area contributed by atoms with Crippen molar-refractivity contribution in [1.29, 1.82) is 0 Å². The second-order valence-corrected chi connectivity index (χ2v) is 6.48. The molecule has 1 aromatic carbocycles. The Morgan fingerprint density at radius 2 is 2.08 bits per heavy atom. The van der Waals surface area contributed by atoms with Crippen molar-refractivity contribution < 1.29 is 13.9 Å². The van der Waals surface area contributed by atoms with Gasteiger partial charge in [-0.15, -0.1) is 24.0 Å². The Morgan fingerprint density at radius 1 is 1.27 bits per heavy atom. The molecule has 7 heteroatoms. The molecule has 2 aliphatic rings. The van der Waals surface area contributed by atoms with Crippen LogP contribution in [0.3, 0.4) is 0 Å². The molecule has 2 atom stereocenters. The van der Waals surface area contributed by atoms with Gasteiger partial charge < -0.3 is 19.7 Å². The quantitative estimate of drug-likeness (QED) is 0.403. The van der Waals surface area contributed by atoms with E-state index in [2.05, 4.69) is 17.1 Å². The van der Waals surface area contributed by atoms with Crippen molar-refractivity contribution in [3.63, 3.8) is 0 Å².